The second-order valence-electron chi connectivity index (χ2n) is 4.12. The number of carbonyl (C=O) groups is 2. The zero-order valence-electron chi connectivity index (χ0n) is 11.9. The van der Waals surface area contributed by atoms with Crippen LogP contribution in [0.25, 0.3) is 0 Å². The van der Waals surface area contributed by atoms with Crippen LogP contribution in [0.2, 0.25) is 0 Å². The molecule has 0 aliphatic carbocycles. The van der Waals surface area contributed by atoms with E-state index in [-0.39, 0.29) is 28.7 Å². The lowest BCUT2D eigenvalue weighted by atomic mass is 10.2. The average Bonchev–Trinajstić information content (AvgIpc) is 2.96. The third kappa shape index (κ3) is 4.71. The van der Waals surface area contributed by atoms with E-state index in [0.717, 1.165) is 11.3 Å². The first kappa shape index (κ1) is 16.8. The monoisotopic (exact) mass is 342 g/mol. The van der Waals surface area contributed by atoms with E-state index in [0.29, 0.717) is 0 Å². The molecule has 0 bridgehead atoms. The van der Waals surface area contributed by atoms with Gasteiger partial charge in [0, 0.05) is 10.9 Å². The van der Waals surface area contributed by atoms with E-state index >= 15 is 0 Å². The first-order valence-corrected chi connectivity index (χ1v) is 7.36. The molecule has 0 aliphatic heterocycles. The van der Waals surface area contributed by atoms with Crippen molar-refractivity contribution in [3.05, 3.63) is 40.9 Å². The number of thiazole rings is 1. The summed E-state index contributed by atoms with van der Waals surface area (Å²) in [5.41, 5.74) is 0.340. The molecule has 1 heterocycles. The highest BCUT2D eigenvalue weighted by Gasteiger charge is 2.14. The summed E-state index contributed by atoms with van der Waals surface area (Å²) in [5, 5.41) is 4.20. The van der Waals surface area contributed by atoms with E-state index < -0.39 is 18.5 Å². The van der Waals surface area contributed by atoms with Gasteiger partial charge in [-0.3, -0.25) is 10.1 Å². The number of rotatable bonds is 6. The van der Waals surface area contributed by atoms with Crippen LogP contribution in [0.15, 0.2) is 29.6 Å². The van der Waals surface area contributed by atoms with Crippen LogP contribution >= 0.6 is 11.3 Å². The smallest absolute Gasteiger partial charge is 0.387 e. The number of nitrogens with zero attached hydrogens (tertiary/aromatic N) is 1. The highest BCUT2D eigenvalue weighted by atomic mass is 32.1. The molecular weight excluding hydrogens is 330 g/mol. The summed E-state index contributed by atoms with van der Waals surface area (Å²) >= 11 is 1.07. The number of esters is 1. The summed E-state index contributed by atoms with van der Waals surface area (Å²) in [5.74, 6) is -1.11. The zero-order chi connectivity index (χ0) is 16.8. The Hall–Kier alpha value is -2.55. The van der Waals surface area contributed by atoms with E-state index in [1.807, 2.05) is 0 Å². The Bertz CT molecular complexity index is 688. The number of ether oxygens (including phenoxy) is 2. The average molecular weight is 342 g/mol. The lowest BCUT2D eigenvalue weighted by Crippen LogP contribution is -2.12. The summed E-state index contributed by atoms with van der Waals surface area (Å²) in [6, 6.07) is 5.19. The van der Waals surface area contributed by atoms with Gasteiger partial charge < -0.3 is 9.47 Å². The van der Waals surface area contributed by atoms with Gasteiger partial charge in [0.25, 0.3) is 5.91 Å². The molecule has 2 aromatic rings. The molecule has 9 heteroatoms. The van der Waals surface area contributed by atoms with Gasteiger partial charge in [0.05, 0.1) is 6.61 Å². The molecule has 0 radical (unpaired) electrons. The topological polar surface area (TPSA) is 77.5 Å². The molecule has 6 nitrogen and oxygen atoms in total. The van der Waals surface area contributed by atoms with Crippen LogP contribution in [-0.4, -0.2) is 30.1 Å². The second-order valence-corrected chi connectivity index (χ2v) is 4.97. The minimum absolute atomic E-state index is 0.0459. The third-order valence-electron chi connectivity index (χ3n) is 2.55. The molecule has 0 spiro atoms. The van der Waals surface area contributed by atoms with Crippen molar-refractivity contribution in [2.75, 3.05) is 11.9 Å². The Morgan fingerprint density at radius 2 is 2.00 bits per heavy atom. The normalized spacial score (nSPS) is 10.4. The largest absolute Gasteiger partial charge is 0.461 e. The van der Waals surface area contributed by atoms with Crippen molar-refractivity contribution < 1.29 is 27.8 Å². The van der Waals surface area contributed by atoms with Gasteiger partial charge in [0.2, 0.25) is 0 Å². The highest BCUT2D eigenvalue weighted by Crippen LogP contribution is 2.19. The zero-order valence-corrected chi connectivity index (χ0v) is 12.7. The maximum atomic E-state index is 12.0. The maximum Gasteiger partial charge on any atom is 0.387 e. The molecule has 0 saturated carbocycles. The summed E-state index contributed by atoms with van der Waals surface area (Å²) in [6.07, 6.45) is 0. The van der Waals surface area contributed by atoms with E-state index in [4.69, 9.17) is 4.74 Å². The number of hydrogen-bond donors (Lipinski definition) is 1. The summed E-state index contributed by atoms with van der Waals surface area (Å²) in [4.78, 5) is 27.4. The van der Waals surface area contributed by atoms with Crippen LogP contribution in [0.3, 0.4) is 0 Å². The van der Waals surface area contributed by atoms with Crippen molar-refractivity contribution in [2.24, 2.45) is 0 Å². The molecule has 1 N–H and O–H groups in total. The minimum Gasteiger partial charge on any atom is -0.461 e. The second kappa shape index (κ2) is 7.63. The number of halogens is 2. The van der Waals surface area contributed by atoms with Crippen LogP contribution in [0.4, 0.5) is 13.9 Å². The van der Waals surface area contributed by atoms with Crippen LogP contribution in [0.5, 0.6) is 5.75 Å². The van der Waals surface area contributed by atoms with Gasteiger partial charge in [0.1, 0.15) is 5.75 Å². The number of carbonyl (C=O) groups excluding carboxylic acids is 2. The van der Waals surface area contributed by atoms with Gasteiger partial charge in [-0.2, -0.15) is 8.78 Å². The number of anilines is 1. The van der Waals surface area contributed by atoms with Gasteiger partial charge in [0.15, 0.2) is 10.8 Å². The van der Waals surface area contributed by atoms with Crippen LogP contribution < -0.4 is 10.1 Å². The van der Waals surface area contributed by atoms with E-state index in [1.165, 1.54) is 29.6 Å². The Morgan fingerprint density at radius 3 is 2.61 bits per heavy atom. The minimum atomic E-state index is -2.92. The Morgan fingerprint density at radius 1 is 1.30 bits per heavy atom. The molecule has 1 aromatic heterocycles. The van der Waals surface area contributed by atoms with Crippen molar-refractivity contribution in [1.29, 1.82) is 0 Å². The lowest BCUT2D eigenvalue weighted by molar-refractivity contribution is -0.0498. The molecule has 23 heavy (non-hydrogen) atoms. The van der Waals surface area contributed by atoms with Crippen LogP contribution in [-0.2, 0) is 4.74 Å². The van der Waals surface area contributed by atoms with E-state index in [1.54, 1.807) is 6.92 Å². The Kier molecular flexibility index (Phi) is 5.58. The first-order valence-electron chi connectivity index (χ1n) is 6.48. The Balaban J connectivity index is 2.00. The number of hydrogen-bond acceptors (Lipinski definition) is 6. The SMILES string of the molecule is CCOC(=O)c1csc(NC(=O)c2ccc(OC(F)F)cc2)n1. The summed E-state index contributed by atoms with van der Waals surface area (Å²) in [6.45, 7) is -1.02. The van der Waals surface area contributed by atoms with Crippen LogP contribution in [0.1, 0.15) is 27.8 Å². The third-order valence-corrected chi connectivity index (χ3v) is 3.31. The van der Waals surface area contributed by atoms with Gasteiger partial charge in [-0.05, 0) is 31.2 Å². The number of amides is 1. The van der Waals surface area contributed by atoms with Crippen molar-refractivity contribution in [3.8, 4) is 5.75 Å². The lowest BCUT2D eigenvalue weighted by Gasteiger charge is -2.05. The van der Waals surface area contributed by atoms with Crippen molar-refractivity contribution in [3.63, 3.8) is 0 Å². The first-order chi connectivity index (χ1) is 11.0. The van der Waals surface area contributed by atoms with Crippen molar-refractivity contribution in [1.82, 2.24) is 4.98 Å². The van der Waals surface area contributed by atoms with Gasteiger partial charge in [-0.1, -0.05) is 0 Å². The van der Waals surface area contributed by atoms with Gasteiger partial charge in [-0.25, -0.2) is 9.78 Å². The molecule has 1 aromatic carbocycles. The Labute approximate surface area is 134 Å². The molecule has 0 aliphatic rings. The molecular formula is C14H12F2N2O4S. The molecule has 0 fully saturated rings. The highest BCUT2D eigenvalue weighted by molar-refractivity contribution is 7.14. The summed E-state index contributed by atoms with van der Waals surface area (Å²) in [7, 11) is 0. The maximum absolute atomic E-state index is 12.0. The standard InChI is InChI=1S/C14H12F2N2O4S/c1-2-21-12(20)10-7-23-14(17-10)18-11(19)8-3-5-9(6-4-8)22-13(15)16/h3-7,13H,2H2,1H3,(H,17,18,19). The molecule has 2 rings (SSSR count). The van der Waals surface area contributed by atoms with E-state index in [2.05, 4.69) is 15.0 Å². The number of benzene rings is 1. The fraction of sp³-hybridized carbons (Fsp3) is 0.214. The number of aromatic nitrogens is 1. The fourth-order valence-electron chi connectivity index (χ4n) is 1.59. The quantitative estimate of drug-likeness (QED) is 0.816. The van der Waals surface area contributed by atoms with Crippen molar-refractivity contribution >= 4 is 28.3 Å². The van der Waals surface area contributed by atoms with Crippen LogP contribution in [0, 0.1) is 0 Å². The van der Waals surface area contributed by atoms with E-state index in [9.17, 15) is 18.4 Å². The summed E-state index contributed by atoms with van der Waals surface area (Å²) < 4.78 is 33.1. The predicted octanol–water partition coefficient (Wildman–Crippen LogP) is 3.17. The molecule has 0 saturated heterocycles. The number of nitrogens with one attached hydrogen (secondary N) is 1. The number of alkyl halides is 2. The van der Waals surface area contributed by atoms with Gasteiger partial charge >= 0.3 is 12.6 Å². The molecule has 0 atom stereocenters. The predicted molar refractivity (Wildman–Crippen MR) is 79.1 cm³/mol. The van der Waals surface area contributed by atoms with Crippen molar-refractivity contribution in [2.45, 2.75) is 13.5 Å². The molecule has 122 valence electrons. The molecule has 1 amide bonds. The molecule has 0 unspecified atom stereocenters. The van der Waals surface area contributed by atoms with Gasteiger partial charge in [-0.15, -0.1) is 11.3 Å². The fourth-order valence-corrected chi connectivity index (χ4v) is 2.26.